The Kier molecular flexibility index (Phi) is 4.54. The molecule has 132 valence electrons. The molecule has 2 atom stereocenters. The van der Waals surface area contributed by atoms with Gasteiger partial charge in [-0.15, -0.1) is 10.2 Å². The van der Waals surface area contributed by atoms with Gasteiger partial charge in [0.25, 0.3) is 0 Å². The summed E-state index contributed by atoms with van der Waals surface area (Å²) < 4.78 is 2.12. The zero-order valence-corrected chi connectivity index (χ0v) is 15.6. The number of hydrogen-bond acceptors (Lipinski definition) is 3. The van der Waals surface area contributed by atoms with Gasteiger partial charge in [0.15, 0.2) is 0 Å². The number of likely N-dealkylation sites (tertiary alicyclic amines) is 1. The van der Waals surface area contributed by atoms with Crippen LogP contribution in [-0.2, 0) is 11.3 Å². The third kappa shape index (κ3) is 3.01. The Bertz CT molecular complexity index is 634. The molecule has 0 bridgehead atoms. The minimum absolute atomic E-state index is 0.105. The molecule has 3 rings (SSSR count). The van der Waals surface area contributed by atoms with Crippen molar-refractivity contribution in [2.75, 3.05) is 13.1 Å². The summed E-state index contributed by atoms with van der Waals surface area (Å²) in [6.45, 7) is 13.4. The maximum Gasteiger partial charge on any atom is 0.226 e. The van der Waals surface area contributed by atoms with Crippen LogP contribution >= 0.6 is 0 Å². The number of hydrogen-bond donors (Lipinski definition) is 0. The summed E-state index contributed by atoms with van der Waals surface area (Å²) in [6.07, 6.45) is 6.07. The van der Waals surface area contributed by atoms with Gasteiger partial charge < -0.3 is 9.47 Å². The van der Waals surface area contributed by atoms with E-state index in [1.54, 1.807) is 0 Å². The first-order valence-corrected chi connectivity index (χ1v) is 9.17. The van der Waals surface area contributed by atoms with E-state index < -0.39 is 0 Å². The number of nitrogens with zero attached hydrogens (tertiary/aromatic N) is 4. The van der Waals surface area contributed by atoms with Gasteiger partial charge in [0, 0.05) is 25.6 Å². The fourth-order valence-corrected chi connectivity index (χ4v) is 4.20. The topological polar surface area (TPSA) is 51.0 Å². The van der Waals surface area contributed by atoms with Gasteiger partial charge in [-0.3, -0.25) is 4.79 Å². The van der Waals surface area contributed by atoms with Crippen LogP contribution in [0.5, 0.6) is 0 Å². The molecule has 0 N–H and O–H groups in total. The predicted octanol–water partition coefficient (Wildman–Crippen LogP) is 3.24. The average molecular weight is 330 g/mol. The molecule has 1 aliphatic heterocycles. The second-order valence-corrected chi connectivity index (χ2v) is 8.14. The summed E-state index contributed by atoms with van der Waals surface area (Å²) in [6, 6.07) is 0. The van der Waals surface area contributed by atoms with Crippen LogP contribution < -0.4 is 0 Å². The number of aryl methyl sites for hydroxylation is 1. The van der Waals surface area contributed by atoms with Gasteiger partial charge in [-0.2, -0.15) is 0 Å². The van der Waals surface area contributed by atoms with Gasteiger partial charge in [-0.1, -0.05) is 25.5 Å². The van der Waals surface area contributed by atoms with Gasteiger partial charge in [0.05, 0.1) is 5.92 Å². The molecule has 1 amide bonds. The van der Waals surface area contributed by atoms with Crippen LogP contribution in [0.25, 0.3) is 0 Å². The minimum atomic E-state index is 0.105. The summed E-state index contributed by atoms with van der Waals surface area (Å²) >= 11 is 0. The molecule has 0 unspecified atom stereocenters. The molecule has 5 nitrogen and oxygen atoms in total. The monoisotopic (exact) mass is 330 g/mol. The second kappa shape index (κ2) is 6.34. The van der Waals surface area contributed by atoms with E-state index in [-0.39, 0.29) is 11.3 Å². The maximum absolute atomic E-state index is 12.9. The van der Waals surface area contributed by atoms with Crippen molar-refractivity contribution in [2.24, 2.45) is 17.3 Å². The van der Waals surface area contributed by atoms with Crippen molar-refractivity contribution < 1.29 is 4.79 Å². The number of aromatic nitrogens is 3. The Morgan fingerprint density at radius 3 is 2.58 bits per heavy atom. The fraction of sp³-hybridized carbons (Fsp3) is 0.737. The van der Waals surface area contributed by atoms with Crippen LogP contribution in [0, 0.1) is 17.3 Å². The molecule has 2 heterocycles. The molecule has 1 aromatic heterocycles. The van der Waals surface area contributed by atoms with E-state index in [2.05, 4.69) is 60.4 Å². The maximum atomic E-state index is 12.9. The van der Waals surface area contributed by atoms with Crippen molar-refractivity contribution in [3.05, 3.63) is 23.8 Å². The Morgan fingerprint density at radius 2 is 2.00 bits per heavy atom. The summed E-state index contributed by atoms with van der Waals surface area (Å²) in [4.78, 5) is 15.0. The number of amides is 1. The summed E-state index contributed by atoms with van der Waals surface area (Å²) in [7, 11) is 0. The molecule has 0 spiro atoms. The van der Waals surface area contributed by atoms with Crippen LogP contribution in [-0.4, -0.2) is 38.7 Å². The highest BCUT2D eigenvalue weighted by Gasteiger charge is 2.61. The Labute approximate surface area is 145 Å². The van der Waals surface area contributed by atoms with E-state index in [1.807, 2.05) is 6.33 Å². The zero-order chi connectivity index (χ0) is 17.5. The minimum Gasteiger partial charge on any atom is -0.342 e. The van der Waals surface area contributed by atoms with Gasteiger partial charge >= 0.3 is 0 Å². The van der Waals surface area contributed by atoms with Gasteiger partial charge in [0.1, 0.15) is 12.2 Å². The lowest BCUT2D eigenvalue weighted by Crippen LogP contribution is -2.40. The van der Waals surface area contributed by atoms with E-state index in [0.29, 0.717) is 17.7 Å². The molecule has 1 saturated carbocycles. The molecule has 1 aromatic rings. The number of allylic oxidation sites excluding steroid dienone is 2. The Hall–Kier alpha value is -1.65. The third-order valence-electron chi connectivity index (χ3n) is 5.85. The third-order valence-corrected chi connectivity index (χ3v) is 5.85. The van der Waals surface area contributed by atoms with Crippen molar-refractivity contribution in [1.82, 2.24) is 19.7 Å². The summed E-state index contributed by atoms with van der Waals surface area (Å²) in [5, 5.41) is 8.34. The molecule has 24 heavy (non-hydrogen) atoms. The first-order valence-electron chi connectivity index (χ1n) is 9.17. The van der Waals surface area contributed by atoms with Gasteiger partial charge in [-0.25, -0.2) is 0 Å². The molecule has 0 radical (unpaired) electrons. The number of carbonyl (C=O) groups is 1. The smallest absolute Gasteiger partial charge is 0.226 e. The highest BCUT2D eigenvalue weighted by molar-refractivity contribution is 5.84. The highest BCUT2D eigenvalue weighted by atomic mass is 16.2. The highest BCUT2D eigenvalue weighted by Crippen LogP contribution is 2.60. The van der Waals surface area contributed by atoms with E-state index >= 15 is 0 Å². The predicted molar refractivity (Wildman–Crippen MR) is 94.4 cm³/mol. The molecule has 2 fully saturated rings. The quantitative estimate of drug-likeness (QED) is 0.796. The molecule has 2 aliphatic rings. The number of piperidine rings is 1. The van der Waals surface area contributed by atoms with E-state index in [4.69, 9.17) is 0 Å². The van der Waals surface area contributed by atoms with Crippen molar-refractivity contribution >= 4 is 5.91 Å². The molecule has 1 aliphatic carbocycles. The number of rotatable bonds is 4. The van der Waals surface area contributed by atoms with Gasteiger partial charge in [-0.05, 0) is 44.9 Å². The summed E-state index contributed by atoms with van der Waals surface area (Å²) in [5.41, 5.74) is 1.41. The van der Waals surface area contributed by atoms with Crippen molar-refractivity contribution in [3.8, 4) is 0 Å². The van der Waals surface area contributed by atoms with Crippen LogP contribution in [0.1, 0.15) is 59.2 Å². The first-order chi connectivity index (χ1) is 11.4. The van der Waals surface area contributed by atoms with Crippen molar-refractivity contribution in [1.29, 1.82) is 0 Å². The van der Waals surface area contributed by atoms with Gasteiger partial charge in [0.2, 0.25) is 5.91 Å². The average Bonchev–Trinajstić information content (AvgIpc) is 2.91. The molecule has 5 heteroatoms. The molecule has 0 aromatic carbocycles. The van der Waals surface area contributed by atoms with Crippen molar-refractivity contribution in [3.63, 3.8) is 0 Å². The zero-order valence-electron chi connectivity index (χ0n) is 15.6. The number of carbonyl (C=O) groups excluding carboxylic acids is 1. The molecular weight excluding hydrogens is 300 g/mol. The van der Waals surface area contributed by atoms with E-state index in [1.165, 1.54) is 5.57 Å². The lowest BCUT2D eigenvalue weighted by molar-refractivity contribution is -0.134. The van der Waals surface area contributed by atoms with Crippen LogP contribution in [0.4, 0.5) is 0 Å². The summed E-state index contributed by atoms with van der Waals surface area (Å²) in [5.74, 6) is 2.41. The SMILES string of the molecule is CCn1cnnc1C1CCN(C(=O)[C@@H]2[C@H](C=C(C)C)C2(C)C)CC1. The Morgan fingerprint density at radius 1 is 1.33 bits per heavy atom. The fourth-order valence-electron chi connectivity index (χ4n) is 4.20. The lowest BCUT2D eigenvalue weighted by atomic mass is 9.95. The van der Waals surface area contributed by atoms with Crippen LogP contribution in [0.2, 0.25) is 0 Å². The normalized spacial score (nSPS) is 26.3. The molecule has 1 saturated heterocycles. The van der Waals surface area contributed by atoms with E-state index in [9.17, 15) is 4.79 Å². The first kappa shape index (κ1) is 17.2. The van der Waals surface area contributed by atoms with E-state index in [0.717, 1.165) is 38.3 Å². The molecular formula is C19H30N4O. The Balaban J connectivity index is 1.61. The van der Waals surface area contributed by atoms with Crippen molar-refractivity contribution in [2.45, 2.75) is 59.9 Å². The lowest BCUT2D eigenvalue weighted by Gasteiger charge is -2.32. The van der Waals surface area contributed by atoms with Crippen LogP contribution in [0.15, 0.2) is 18.0 Å². The van der Waals surface area contributed by atoms with Crippen LogP contribution in [0.3, 0.4) is 0 Å². The standard InChI is InChI=1S/C19H30N4O/c1-6-22-12-20-21-17(22)14-7-9-23(10-8-14)18(24)16-15(11-13(2)3)19(16,4)5/h11-12,14-16H,6-10H2,1-5H3/t15-,16-/m0/s1. The second-order valence-electron chi connectivity index (χ2n) is 8.14. The largest absolute Gasteiger partial charge is 0.342 e.